The van der Waals surface area contributed by atoms with Crippen molar-refractivity contribution in [3.63, 3.8) is 0 Å². The number of likely N-dealkylation sites (tertiary alicyclic amines) is 2. The summed E-state index contributed by atoms with van der Waals surface area (Å²) in [4.78, 5) is 28.0. The lowest BCUT2D eigenvalue weighted by molar-refractivity contribution is -0.140. The van der Waals surface area contributed by atoms with Crippen LogP contribution in [-0.2, 0) is 9.53 Å². The third-order valence-corrected chi connectivity index (χ3v) is 4.60. The molecule has 3 fully saturated rings. The molecule has 1 aliphatic carbocycles. The number of ether oxygens (including phenoxy) is 1. The van der Waals surface area contributed by atoms with Crippen molar-refractivity contribution in [3.8, 4) is 0 Å². The minimum atomic E-state index is -0.444. The zero-order valence-electron chi connectivity index (χ0n) is 13.4. The average Bonchev–Trinajstić information content (AvgIpc) is 3.17. The highest BCUT2D eigenvalue weighted by molar-refractivity contribution is 5.81. The van der Waals surface area contributed by atoms with Crippen molar-refractivity contribution in [2.45, 2.75) is 52.1 Å². The van der Waals surface area contributed by atoms with Crippen LogP contribution in [0.1, 0.15) is 46.5 Å². The molecule has 0 atom stereocenters. The lowest BCUT2D eigenvalue weighted by Gasteiger charge is -2.54. The first-order chi connectivity index (χ1) is 9.78. The van der Waals surface area contributed by atoms with Gasteiger partial charge in [-0.3, -0.25) is 4.79 Å². The fourth-order valence-corrected chi connectivity index (χ4v) is 3.46. The summed E-state index contributed by atoms with van der Waals surface area (Å²) in [6, 6.07) is 0. The number of hydrogen-bond acceptors (Lipinski definition) is 3. The average molecular weight is 294 g/mol. The van der Waals surface area contributed by atoms with Gasteiger partial charge in [-0.15, -0.1) is 0 Å². The van der Waals surface area contributed by atoms with E-state index in [1.54, 1.807) is 4.90 Å². The number of amides is 2. The van der Waals surface area contributed by atoms with Gasteiger partial charge in [0.25, 0.3) is 0 Å². The molecule has 0 bridgehead atoms. The second kappa shape index (κ2) is 4.89. The van der Waals surface area contributed by atoms with E-state index in [-0.39, 0.29) is 11.5 Å². The Bertz CT molecular complexity index is 445. The summed E-state index contributed by atoms with van der Waals surface area (Å²) in [5.74, 6) is 0.631. The minimum absolute atomic E-state index is 0.125. The molecule has 118 valence electrons. The van der Waals surface area contributed by atoms with Gasteiger partial charge >= 0.3 is 6.09 Å². The first-order valence-electron chi connectivity index (χ1n) is 8.05. The standard InChI is InChI=1S/C16H26N2O3/c1-15(2,3)21-14(20)18-10-16(11-18)7-4-8-17(9-16)13(19)12-5-6-12/h12H,4-11H2,1-3H3. The molecule has 2 heterocycles. The van der Waals surface area contributed by atoms with Crippen LogP contribution >= 0.6 is 0 Å². The van der Waals surface area contributed by atoms with Gasteiger partial charge in [0.1, 0.15) is 5.60 Å². The summed E-state index contributed by atoms with van der Waals surface area (Å²) in [5, 5.41) is 0. The predicted molar refractivity (Wildman–Crippen MR) is 78.8 cm³/mol. The van der Waals surface area contributed by atoms with Crippen molar-refractivity contribution in [3.05, 3.63) is 0 Å². The Labute approximate surface area is 126 Å². The summed E-state index contributed by atoms with van der Waals surface area (Å²) in [7, 11) is 0. The highest BCUT2D eigenvalue weighted by Gasteiger charge is 2.50. The van der Waals surface area contributed by atoms with Gasteiger partial charge in [0.15, 0.2) is 0 Å². The Balaban J connectivity index is 1.53. The smallest absolute Gasteiger partial charge is 0.410 e. The van der Waals surface area contributed by atoms with Gasteiger partial charge in [0.05, 0.1) is 0 Å². The molecule has 3 rings (SSSR count). The first-order valence-corrected chi connectivity index (χ1v) is 8.05. The molecule has 0 unspecified atom stereocenters. The molecule has 1 spiro atoms. The van der Waals surface area contributed by atoms with Gasteiger partial charge in [-0.25, -0.2) is 4.79 Å². The molecule has 5 nitrogen and oxygen atoms in total. The quantitative estimate of drug-likeness (QED) is 0.745. The van der Waals surface area contributed by atoms with Gasteiger partial charge in [0, 0.05) is 37.5 Å². The van der Waals surface area contributed by atoms with Crippen molar-refractivity contribution >= 4 is 12.0 Å². The van der Waals surface area contributed by atoms with Crippen LogP contribution in [-0.4, -0.2) is 53.6 Å². The molecule has 2 amide bonds. The Morgan fingerprint density at radius 2 is 1.71 bits per heavy atom. The molecular weight excluding hydrogens is 268 g/mol. The molecule has 0 radical (unpaired) electrons. The molecule has 2 saturated heterocycles. The summed E-state index contributed by atoms with van der Waals surface area (Å²) in [6.45, 7) is 8.84. The number of carbonyl (C=O) groups is 2. The van der Waals surface area contributed by atoms with E-state index in [1.165, 1.54) is 0 Å². The first kappa shape index (κ1) is 14.7. The van der Waals surface area contributed by atoms with Crippen LogP contribution in [0.25, 0.3) is 0 Å². The van der Waals surface area contributed by atoms with E-state index in [0.717, 1.165) is 51.9 Å². The molecule has 3 aliphatic rings. The van der Waals surface area contributed by atoms with E-state index in [0.29, 0.717) is 11.8 Å². The summed E-state index contributed by atoms with van der Waals surface area (Å²) in [6.07, 6.45) is 4.07. The lowest BCUT2D eigenvalue weighted by Crippen LogP contribution is -2.65. The van der Waals surface area contributed by atoms with Crippen molar-refractivity contribution in [1.29, 1.82) is 0 Å². The second-order valence-corrected chi connectivity index (χ2v) is 7.97. The zero-order chi connectivity index (χ0) is 15.3. The number of rotatable bonds is 1. The Kier molecular flexibility index (Phi) is 3.41. The molecule has 21 heavy (non-hydrogen) atoms. The van der Waals surface area contributed by atoms with Gasteiger partial charge in [-0.05, 0) is 46.5 Å². The van der Waals surface area contributed by atoms with Gasteiger partial charge in [0.2, 0.25) is 5.91 Å². The van der Waals surface area contributed by atoms with E-state index >= 15 is 0 Å². The minimum Gasteiger partial charge on any atom is -0.444 e. The maximum Gasteiger partial charge on any atom is 0.410 e. The Morgan fingerprint density at radius 1 is 1.10 bits per heavy atom. The maximum absolute atomic E-state index is 12.2. The fraction of sp³-hybridized carbons (Fsp3) is 0.875. The SMILES string of the molecule is CC(C)(C)OC(=O)N1CC2(CCCN(C(=O)C3CC3)C2)C1. The monoisotopic (exact) mass is 294 g/mol. The third kappa shape index (κ3) is 3.16. The fourth-order valence-electron chi connectivity index (χ4n) is 3.46. The van der Waals surface area contributed by atoms with Crippen LogP contribution in [0.5, 0.6) is 0 Å². The van der Waals surface area contributed by atoms with Crippen molar-refractivity contribution in [2.75, 3.05) is 26.2 Å². The molecular formula is C16H26N2O3. The molecule has 2 aliphatic heterocycles. The highest BCUT2D eigenvalue weighted by atomic mass is 16.6. The van der Waals surface area contributed by atoms with Gasteiger partial charge in [-0.1, -0.05) is 0 Å². The highest BCUT2D eigenvalue weighted by Crippen LogP contribution is 2.41. The van der Waals surface area contributed by atoms with E-state index < -0.39 is 5.60 Å². The number of nitrogens with zero attached hydrogens (tertiary/aromatic N) is 2. The van der Waals surface area contributed by atoms with Crippen LogP contribution in [0.2, 0.25) is 0 Å². The largest absolute Gasteiger partial charge is 0.444 e. The van der Waals surface area contributed by atoms with Crippen LogP contribution in [0.3, 0.4) is 0 Å². The van der Waals surface area contributed by atoms with E-state index in [4.69, 9.17) is 4.74 Å². The van der Waals surface area contributed by atoms with Crippen molar-refractivity contribution in [2.24, 2.45) is 11.3 Å². The predicted octanol–water partition coefficient (Wildman–Crippen LogP) is 2.26. The molecule has 5 heteroatoms. The van der Waals surface area contributed by atoms with E-state index in [2.05, 4.69) is 0 Å². The number of hydrogen-bond donors (Lipinski definition) is 0. The normalized spacial score (nSPS) is 24.7. The molecule has 0 aromatic carbocycles. The molecule has 0 aromatic heterocycles. The van der Waals surface area contributed by atoms with Crippen molar-refractivity contribution in [1.82, 2.24) is 9.80 Å². The van der Waals surface area contributed by atoms with Crippen LogP contribution in [0, 0.1) is 11.3 Å². The Hall–Kier alpha value is -1.26. The summed E-state index contributed by atoms with van der Waals surface area (Å²) < 4.78 is 5.40. The van der Waals surface area contributed by atoms with Gasteiger partial charge < -0.3 is 14.5 Å². The number of piperidine rings is 1. The number of carbonyl (C=O) groups excluding carboxylic acids is 2. The van der Waals surface area contributed by atoms with Crippen LogP contribution < -0.4 is 0 Å². The third-order valence-electron chi connectivity index (χ3n) is 4.60. The summed E-state index contributed by atoms with van der Waals surface area (Å²) in [5.41, 5.74) is -0.319. The molecule has 0 aromatic rings. The van der Waals surface area contributed by atoms with Crippen LogP contribution in [0.15, 0.2) is 0 Å². The topological polar surface area (TPSA) is 49.9 Å². The van der Waals surface area contributed by atoms with Crippen LogP contribution in [0.4, 0.5) is 4.79 Å². The maximum atomic E-state index is 12.2. The van der Waals surface area contributed by atoms with E-state index in [9.17, 15) is 9.59 Å². The zero-order valence-corrected chi connectivity index (χ0v) is 13.4. The summed E-state index contributed by atoms with van der Waals surface area (Å²) >= 11 is 0. The van der Waals surface area contributed by atoms with Gasteiger partial charge in [-0.2, -0.15) is 0 Å². The molecule has 0 N–H and O–H groups in total. The lowest BCUT2D eigenvalue weighted by atomic mass is 9.73. The van der Waals surface area contributed by atoms with E-state index in [1.807, 2.05) is 25.7 Å². The molecule has 1 saturated carbocycles. The van der Waals surface area contributed by atoms with Crippen molar-refractivity contribution < 1.29 is 14.3 Å². The Morgan fingerprint density at radius 3 is 2.29 bits per heavy atom. The second-order valence-electron chi connectivity index (χ2n) is 7.97.